The first-order valence-electron chi connectivity index (χ1n) is 10.8. The Morgan fingerprint density at radius 1 is 0.969 bits per heavy atom. The second-order valence-electron chi connectivity index (χ2n) is 7.96. The number of imide groups is 1. The van der Waals surface area contributed by atoms with E-state index in [2.05, 4.69) is 0 Å². The van der Waals surface area contributed by atoms with E-state index < -0.39 is 0 Å². The summed E-state index contributed by atoms with van der Waals surface area (Å²) in [6.07, 6.45) is -0.118. The van der Waals surface area contributed by atoms with Gasteiger partial charge in [0.1, 0.15) is 17.2 Å². The third kappa shape index (κ3) is 3.96. The summed E-state index contributed by atoms with van der Waals surface area (Å²) in [6, 6.07) is 14.3. The molecule has 7 heteroatoms. The van der Waals surface area contributed by atoms with Crippen LogP contribution in [0.2, 0.25) is 0 Å². The lowest BCUT2D eigenvalue weighted by molar-refractivity contribution is -0.121. The lowest BCUT2D eigenvalue weighted by Gasteiger charge is -2.37. The molecule has 2 aliphatic heterocycles. The Morgan fingerprint density at radius 2 is 1.62 bits per heavy atom. The quantitative estimate of drug-likeness (QED) is 0.646. The Labute approximate surface area is 188 Å². The smallest absolute Gasteiger partial charge is 0.282 e. The minimum Gasteiger partial charge on any atom is -0.495 e. The van der Waals surface area contributed by atoms with Gasteiger partial charge in [-0.1, -0.05) is 24.3 Å². The minimum absolute atomic E-state index is 0.0592. The van der Waals surface area contributed by atoms with Crippen molar-refractivity contribution >= 4 is 23.1 Å². The topological polar surface area (TPSA) is 68.3 Å². The Balaban J connectivity index is 1.82. The number of carbonyl (C=O) groups is 2. The maximum Gasteiger partial charge on any atom is 0.282 e. The van der Waals surface area contributed by atoms with Gasteiger partial charge in [-0.25, -0.2) is 4.90 Å². The van der Waals surface area contributed by atoms with Crippen LogP contribution in [0, 0.1) is 0 Å². The first-order chi connectivity index (χ1) is 15.4. The lowest BCUT2D eigenvalue weighted by atomic mass is 10.0. The number of hydrogen-bond donors (Lipinski definition) is 0. The van der Waals surface area contributed by atoms with Gasteiger partial charge in [0, 0.05) is 13.1 Å². The van der Waals surface area contributed by atoms with Gasteiger partial charge >= 0.3 is 0 Å². The summed E-state index contributed by atoms with van der Waals surface area (Å²) < 4.78 is 16.8. The molecule has 2 heterocycles. The van der Waals surface area contributed by atoms with Crippen molar-refractivity contribution in [2.75, 3.05) is 31.7 Å². The van der Waals surface area contributed by atoms with Crippen LogP contribution in [0.3, 0.4) is 0 Å². The number of nitrogens with zero attached hydrogens (tertiary/aromatic N) is 2. The van der Waals surface area contributed by atoms with Gasteiger partial charge in [-0.2, -0.15) is 0 Å². The number of para-hydroxylation sites is 2. The van der Waals surface area contributed by atoms with Crippen LogP contribution in [-0.2, 0) is 14.3 Å². The highest BCUT2D eigenvalue weighted by molar-refractivity contribution is 6.45. The van der Waals surface area contributed by atoms with Gasteiger partial charge < -0.3 is 19.1 Å². The van der Waals surface area contributed by atoms with Crippen molar-refractivity contribution in [1.29, 1.82) is 0 Å². The molecular weight excluding hydrogens is 408 g/mol. The van der Waals surface area contributed by atoms with Crippen molar-refractivity contribution in [3.8, 4) is 11.5 Å². The maximum atomic E-state index is 13.7. The van der Waals surface area contributed by atoms with E-state index in [1.807, 2.05) is 49.9 Å². The van der Waals surface area contributed by atoms with E-state index in [4.69, 9.17) is 14.2 Å². The fourth-order valence-electron chi connectivity index (χ4n) is 4.35. The van der Waals surface area contributed by atoms with Crippen molar-refractivity contribution in [3.63, 3.8) is 0 Å². The fourth-order valence-corrected chi connectivity index (χ4v) is 4.35. The SMILES string of the molecule is CCOc1ccc(C2=C(N3CC(C)OC(C)C3)C(=O)N(c3ccccc3OC)C2=O)cc1. The molecule has 0 aliphatic carbocycles. The molecule has 2 aliphatic rings. The average molecular weight is 437 g/mol. The number of amides is 2. The van der Waals surface area contributed by atoms with Crippen molar-refractivity contribution in [2.45, 2.75) is 33.0 Å². The number of ether oxygens (including phenoxy) is 3. The first kappa shape index (κ1) is 21.9. The molecule has 4 rings (SSSR count). The van der Waals surface area contributed by atoms with Crippen LogP contribution in [0.5, 0.6) is 11.5 Å². The largest absolute Gasteiger partial charge is 0.495 e. The van der Waals surface area contributed by atoms with Crippen molar-refractivity contribution in [1.82, 2.24) is 4.90 Å². The molecule has 0 N–H and O–H groups in total. The summed E-state index contributed by atoms with van der Waals surface area (Å²) in [6.45, 7) is 7.46. The Hall–Kier alpha value is -3.32. The van der Waals surface area contributed by atoms with Gasteiger partial charge in [0.05, 0.1) is 37.2 Å². The summed E-state index contributed by atoms with van der Waals surface area (Å²) in [7, 11) is 1.52. The molecule has 0 spiro atoms. The molecule has 32 heavy (non-hydrogen) atoms. The number of anilines is 1. The van der Waals surface area contributed by atoms with Crippen LogP contribution < -0.4 is 14.4 Å². The Kier molecular flexibility index (Phi) is 6.19. The highest BCUT2D eigenvalue weighted by Crippen LogP contribution is 2.39. The molecule has 0 bridgehead atoms. The number of rotatable bonds is 6. The lowest BCUT2D eigenvalue weighted by Crippen LogP contribution is -2.47. The monoisotopic (exact) mass is 436 g/mol. The van der Waals surface area contributed by atoms with Gasteiger partial charge in [-0.15, -0.1) is 0 Å². The summed E-state index contributed by atoms with van der Waals surface area (Å²) in [5.74, 6) is 0.450. The normalized spacial score (nSPS) is 21.4. The second-order valence-corrected chi connectivity index (χ2v) is 7.96. The van der Waals surface area contributed by atoms with E-state index in [1.54, 1.807) is 24.3 Å². The zero-order valence-electron chi connectivity index (χ0n) is 18.8. The number of hydrogen-bond acceptors (Lipinski definition) is 6. The number of morpholine rings is 1. The Bertz CT molecular complexity index is 1040. The molecule has 2 atom stereocenters. The van der Waals surface area contributed by atoms with E-state index in [0.717, 1.165) is 0 Å². The van der Waals surface area contributed by atoms with Crippen LogP contribution in [0.15, 0.2) is 54.2 Å². The molecule has 168 valence electrons. The second kappa shape index (κ2) is 9.04. The third-order valence-electron chi connectivity index (χ3n) is 5.58. The molecule has 1 fully saturated rings. The predicted molar refractivity (Wildman–Crippen MR) is 122 cm³/mol. The van der Waals surface area contributed by atoms with Crippen LogP contribution >= 0.6 is 0 Å². The molecule has 2 aromatic rings. The first-order valence-corrected chi connectivity index (χ1v) is 10.8. The highest BCUT2D eigenvalue weighted by atomic mass is 16.5. The zero-order chi connectivity index (χ0) is 22.8. The average Bonchev–Trinajstić information content (AvgIpc) is 3.03. The van der Waals surface area contributed by atoms with E-state index in [1.165, 1.54) is 12.0 Å². The van der Waals surface area contributed by atoms with Crippen molar-refractivity contribution in [3.05, 3.63) is 59.8 Å². The Morgan fingerprint density at radius 3 is 2.25 bits per heavy atom. The van der Waals surface area contributed by atoms with E-state index in [9.17, 15) is 9.59 Å². The van der Waals surface area contributed by atoms with Crippen LogP contribution in [0.4, 0.5) is 5.69 Å². The summed E-state index contributed by atoms with van der Waals surface area (Å²) >= 11 is 0. The van der Waals surface area contributed by atoms with Gasteiger partial charge in [0.2, 0.25) is 0 Å². The molecule has 0 radical (unpaired) electrons. The van der Waals surface area contributed by atoms with Crippen LogP contribution in [0.1, 0.15) is 26.3 Å². The number of benzene rings is 2. The van der Waals surface area contributed by atoms with Gasteiger partial charge in [0.15, 0.2) is 0 Å². The van der Waals surface area contributed by atoms with Gasteiger partial charge in [-0.05, 0) is 50.6 Å². The van der Waals surface area contributed by atoms with Gasteiger partial charge in [0.25, 0.3) is 11.8 Å². The maximum absolute atomic E-state index is 13.7. The summed E-state index contributed by atoms with van der Waals surface area (Å²) in [5, 5.41) is 0. The zero-order valence-corrected chi connectivity index (χ0v) is 18.8. The van der Waals surface area contributed by atoms with Gasteiger partial charge in [-0.3, -0.25) is 9.59 Å². The highest BCUT2D eigenvalue weighted by Gasteiger charge is 2.44. The molecule has 2 amide bonds. The predicted octanol–water partition coefficient (Wildman–Crippen LogP) is 3.49. The molecule has 2 unspecified atom stereocenters. The summed E-state index contributed by atoms with van der Waals surface area (Å²) in [5.41, 5.74) is 1.88. The van der Waals surface area contributed by atoms with E-state index in [-0.39, 0.29) is 24.0 Å². The standard InChI is InChI=1S/C25H28N2O5/c1-5-31-19-12-10-18(11-13-19)22-23(26-14-16(2)32-17(3)15-26)25(29)27(24(22)28)20-8-6-7-9-21(20)30-4/h6-13,16-17H,5,14-15H2,1-4H3. The molecule has 7 nitrogen and oxygen atoms in total. The third-order valence-corrected chi connectivity index (χ3v) is 5.58. The van der Waals surface area contributed by atoms with Crippen LogP contribution in [0.25, 0.3) is 5.57 Å². The van der Waals surface area contributed by atoms with Crippen molar-refractivity contribution < 1.29 is 23.8 Å². The minimum atomic E-state index is -0.370. The number of methoxy groups -OCH3 is 1. The van der Waals surface area contributed by atoms with E-state index >= 15 is 0 Å². The molecule has 1 saturated heterocycles. The number of carbonyl (C=O) groups excluding carboxylic acids is 2. The summed E-state index contributed by atoms with van der Waals surface area (Å²) in [4.78, 5) is 30.6. The fraction of sp³-hybridized carbons (Fsp3) is 0.360. The van der Waals surface area contributed by atoms with E-state index in [0.29, 0.717) is 53.7 Å². The van der Waals surface area contributed by atoms with Crippen molar-refractivity contribution in [2.24, 2.45) is 0 Å². The molecular formula is C25H28N2O5. The molecule has 2 aromatic carbocycles. The van der Waals surface area contributed by atoms with Crippen LogP contribution in [-0.4, -0.2) is 55.7 Å². The molecule has 0 saturated carbocycles. The molecule has 0 aromatic heterocycles.